The van der Waals surface area contributed by atoms with Gasteiger partial charge in [0.15, 0.2) is 5.69 Å². The third-order valence-electron chi connectivity index (χ3n) is 1.94. The van der Waals surface area contributed by atoms with Crippen molar-refractivity contribution >= 4 is 5.97 Å². The number of nitrogens with zero attached hydrogens (tertiary/aromatic N) is 1. The third-order valence-corrected chi connectivity index (χ3v) is 1.94. The summed E-state index contributed by atoms with van der Waals surface area (Å²) < 4.78 is 5.03. The minimum absolute atomic E-state index is 0.137. The molecule has 0 bridgehead atoms. The molecule has 0 spiro atoms. The summed E-state index contributed by atoms with van der Waals surface area (Å²) in [6.45, 7) is 0.730. The fourth-order valence-electron chi connectivity index (χ4n) is 1.23. The van der Waals surface area contributed by atoms with E-state index < -0.39 is 5.97 Å². The SMILES string of the molecule is O=C(O)c1ncccc1CC1CO1. The Balaban J connectivity index is 2.25. The number of rotatable bonds is 3. The largest absolute Gasteiger partial charge is 0.477 e. The Hall–Kier alpha value is -1.42. The Bertz CT molecular complexity index is 333. The smallest absolute Gasteiger partial charge is 0.354 e. The quantitative estimate of drug-likeness (QED) is 0.694. The molecule has 1 aromatic heterocycles. The topological polar surface area (TPSA) is 62.7 Å². The van der Waals surface area contributed by atoms with Crippen LogP contribution in [0.1, 0.15) is 16.1 Å². The summed E-state index contributed by atoms with van der Waals surface area (Å²) in [7, 11) is 0. The summed E-state index contributed by atoms with van der Waals surface area (Å²) in [6, 6.07) is 3.52. The molecule has 1 atom stereocenters. The number of carboxylic acids is 1. The van der Waals surface area contributed by atoms with Crippen molar-refractivity contribution in [2.75, 3.05) is 6.61 Å². The van der Waals surface area contributed by atoms with Crippen molar-refractivity contribution in [1.82, 2.24) is 4.98 Å². The maximum atomic E-state index is 10.7. The Morgan fingerprint density at radius 2 is 2.54 bits per heavy atom. The molecule has 1 N–H and O–H groups in total. The molecule has 0 aromatic carbocycles. The van der Waals surface area contributed by atoms with Gasteiger partial charge in [0.05, 0.1) is 12.7 Å². The van der Waals surface area contributed by atoms with Gasteiger partial charge in [-0.2, -0.15) is 0 Å². The molecule has 2 heterocycles. The maximum Gasteiger partial charge on any atom is 0.354 e. The lowest BCUT2D eigenvalue weighted by Crippen LogP contribution is -2.07. The highest BCUT2D eigenvalue weighted by atomic mass is 16.6. The predicted molar refractivity (Wildman–Crippen MR) is 44.6 cm³/mol. The molecular weight excluding hydrogens is 170 g/mol. The molecule has 2 rings (SSSR count). The second-order valence-corrected chi connectivity index (χ2v) is 2.98. The standard InChI is InChI=1S/C9H9NO3/c11-9(12)8-6(2-1-3-10-8)4-7-5-13-7/h1-3,7H,4-5H2,(H,11,12). The molecule has 0 radical (unpaired) electrons. The summed E-state index contributed by atoms with van der Waals surface area (Å²) in [4.78, 5) is 14.5. The molecule has 0 amide bonds. The van der Waals surface area contributed by atoms with Gasteiger partial charge in [-0.3, -0.25) is 0 Å². The molecular formula is C9H9NO3. The normalized spacial score (nSPS) is 19.8. The van der Waals surface area contributed by atoms with Crippen LogP contribution in [0.25, 0.3) is 0 Å². The van der Waals surface area contributed by atoms with Crippen molar-refractivity contribution in [1.29, 1.82) is 0 Å². The van der Waals surface area contributed by atoms with Gasteiger partial charge in [-0.15, -0.1) is 0 Å². The molecule has 1 saturated heterocycles. The van der Waals surface area contributed by atoms with Gasteiger partial charge in [0.25, 0.3) is 0 Å². The second kappa shape index (κ2) is 3.14. The fraction of sp³-hybridized carbons (Fsp3) is 0.333. The number of epoxide rings is 1. The Labute approximate surface area is 75.2 Å². The summed E-state index contributed by atoms with van der Waals surface area (Å²) in [5, 5.41) is 8.80. The van der Waals surface area contributed by atoms with Crippen molar-refractivity contribution in [3.05, 3.63) is 29.6 Å². The number of pyridine rings is 1. The van der Waals surface area contributed by atoms with Crippen molar-refractivity contribution in [2.45, 2.75) is 12.5 Å². The number of aromatic carboxylic acids is 1. The van der Waals surface area contributed by atoms with Gasteiger partial charge in [0.2, 0.25) is 0 Å². The van der Waals surface area contributed by atoms with E-state index in [9.17, 15) is 4.79 Å². The van der Waals surface area contributed by atoms with Gasteiger partial charge in [-0.05, 0) is 11.6 Å². The molecule has 68 valence electrons. The minimum atomic E-state index is -0.976. The van der Waals surface area contributed by atoms with Crippen LogP contribution in [0.3, 0.4) is 0 Å². The van der Waals surface area contributed by atoms with E-state index in [-0.39, 0.29) is 11.8 Å². The first kappa shape index (κ1) is 8.19. The summed E-state index contributed by atoms with van der Waals surface area (Å²) in [5.41, 5.74) is 0.885. The summed E-state index contributed by atoms with van der Waals surface area (Å²) in [5.74, 6) is -0.976. The van der Waals surface area contributed by atoms with Crippen LogP contribution in [0.15, 0.2) is 18.3 Å². The zero-order chi connectivity index (χ0) is 9.26. The molecule has 1 aliphatic rings. The Morgan fingerprint density at radius 1 is 1.77 bits per heavy atom. The van der Waals surface area contributed by atoms with Crippen molar-refractivity contribution < 1.29 is 14.6 Å². The van der Waals surface area contributed by atoms with Crippen LogP contribution in [-0.2, 0) is 11.2 Å². The monoisotopic (exact) mass is 179 g/mol. The van der Waals surface area contributed by atoms with Gasteiger partial charge < -0.3 is 9.84 Å². The van der Waals surface area contributed by atoms with Gasteiger partial charge in [0.1, 0.15) is 0 Å². The van der Waals surface area contributed by atoms with Gasteiger partial charge in [0, 0.05) is 12.6 Å². The van der Waals surface area contributed by atoms with Gasteiger partial charge in [-0.1, -0.05) is 6.07 Å². The van der Waals surface area contributed by atoms with E-state index in [1.807, 2.05) is 0 Å². The van der Waals surface area contributed by atoms with Gasteiger partial charge >= 0.3 is 5.97 Å². The van der Waals surface area contributed by atoms with E-state index in [0.717, 1.165) is 12.2 Å². The average Bonchev–Trinajstić information content (AvgIpc) is 2.89. The van der Waals surface area contributed by atoms with Crippen molar-refractivity contribution in [3.8, 4) is 0 Å². The van der Waals surface area contributed by atoms with E-state index >= 15 is 0 Å². The Morgan fingerprint density at radius 3 is 3.15 bits per heavy atom. The molecule has 0 aliphatic carbocycles. The van der Waals surface area contributed by atoms with Crippen LogP contribution in [0, 0.1) is 0 Å². The number of hydrogen-bond donors (Lipinski definition) is 1. The number of carbonyl (C=O) groups is 1. The highest BCUT2D eigenvalue weighted by Crippen LogP contribution is 2.17. The van der Waals surface area contributed by atoms with E-state index in [4.69, 9.17) is 9.84 Å². The van der Waals surface area contributed by atoms with Crippen LogP contribution in [0.5, 0.6) is 0 Å². The molecule has 0 saturated carbocycles. The van der Waals surface area contributed by atoms with E-state index in [1.165, 1.54) is 6.20 Å². The van der Waals surface area contributed by atoms with Crippen molar-refractivity contribution in [3.63, 3.8) is 0 Å². The zero-order valence-electron chi connectivity index (χ0n) is 6.93. The van der Waals surface area contributed by atoms with Gasteiger partial charge in [-0.25, -0.2) is 9.78 Å². The van der Waals surface area contributed by atoms with Crippen LogP contribution in [0.2, 0.25) is 0 Å². The maximum absolute atomic E-state index is 10.7. The lowest BCUT2D eigenvalue weighted by Gasteiger charge is -2.01. The summed E-state index contributed by atoms with van der Waals surface area (Å²) >= 11 is 0. The average molecular weight is 179 g/mol. The number of aromatic nitrogens is 1. The minimum Gasteiger partial charge on any atom is -0.477 e. The lowest BCUT2D eigenvalue weighted by molar-refractivity contribution is 0.0689. The predicted octanol–water partition coefficient (Wildman–Crippen LogP) is 0.721. The van der Waals surface area contributed by atoms with E-state index in [2.05, 4.69) is 4.98 Å². The second-order valence-electron chi connectivity index (χ2n) is 2.98. The first-order valence-corrected chi connectivity index (χ1v) is 4.06. The first-order valence-electron chi connectivity index (χ1n) is 4.06. The number of ether oxygens (including phenoxy) is 1. The third kappa shape index (κ3) is 1.84. The van der Waals surface area contributed by atoms with Crippen molar-refractivity contribution in [2.24, 2.45) is 0 Å². The molecule has 4 heteroatoms. The molecule has 13 heavy (non-hydrogen) atoms. The molecule has 1 fully saturated rings. The zero-order valence-corrected chi connectivity index (χ0v) is 6.93. The Kier molecular flexibility index (Phi) is 1.98. The highest BCUT2D eigenvalue weighted by molar-refractivity contribution is 5.87. The number of carboxylic acid groups (broad SMARTS) is 1. The fourth-order valence-corrected chi connectivity index (χ4v) is 1.23. The van der Waals surface area contributed by atoms with Crippen LogP contribution >= 0.6 is 0 Å². The van der Waals surface area contributed by atoms with E-state index in [0.29, 0.717) is 6.42 Å². The molecule has 1 unspecified atom stereocenters. The summed E-state index contributed by atoms with van der Waals surface area (Å²) in [6.07, 6.45) is 2.33. The first-order chi connectivity index (χ1) is 6.27. The van der Waals surface area contributed by atoms with Crippen LogP contribution in [0.4, 0.5) is 0 Å². The molecule has 1 aromatic rings. The molecule has 1 aliphatic heterocycles. The van der Waals surface area contributed by atoms with Crippen LogP contribution < -0.4 is 0 Å². The highest BCUT2D eigenvalue weighted by Gasteiger charge is 2.25. The lowest BCUT2D eigenvalue weighted by atomic mass is 10.1. The van der Waals surface area contributed by atoms with Crippen LogP contribution in [-0.4, -0.2) is 28.8 Å². The number of hydrogen-bond acceptors (Lipinski definition) is 3. The van der Waals surface area contributed by atoms with E-state index in [1.54, 1.807) is 12.1 Å². The molecule has 4 nitrogen and oxygen atoms in total.